The number of nitrogen functional groups attached to an aromatic ring is 1. The molecule has 0 saturated carbocycles. The van der Waals surface area contributed by atoms with Crippen molar-refractivity contribution in [3.8, 4) is 0 Å². The molecule has 1 aromatic heterocycles. The van der Waals surface area contributed by atoms with Crippen molar-refractivity contribution in [2.45, 2.75) is 52.0 Å². The monoisotopic (exact) mass is 279 g/mol. The van der Waals surface area contributed by atoms with Gasteiger partial charge in [-0.05, 0) is 32.6 Å². The molecule has 2 heterocycles. The molecule has 0 spiro atoms. The van der Waals surface area contributed by atoms with Gasteiger partial charge in [-0.3, -0.25) is 0 Å². The second-order valence-corrected chi connectivity index (χ2v) is 5.36. The van der Waals surface area contributed by atoms with Gasteiger partial charge in [0, 0.05) is 18.5 Å². The van der Waals surface area contributed by atoms with E-state index in [9.17, 15) is 5.11 Å². The number of rotatable bonds is 5. The summed E-state index contributed by atoms with van der Waals surface area (Å²) in [5.74, 6) is 7.98. The van der Waals surface area contributed by atoms with Crippen molar-refractivity contribution in [1.82, 2.24) is 9.97 Å². The van der Waals surface area contributed by atoms with E-state index in [2.05, 4.69) is 22.2 Å². The first-order chi connectivity index (χ1) is 9.71. The highest BCUT2D eigenvalue weighted by Gasteiger charge is 2.25. The normalized spacial score (nSPS) is 19.2. The number of hydrogen-bond acceptors (Lipinski definition) is 6. The van der Waals surface area contributed by atoms with E-state index in [1.54, 1.807) is 0 Å². The summed E-state index contributed by atoms with van der Waals surface area (Å²) in [5.41, 5.74) is 3.62. The van der Waals surface area contributed by atoms with Crippen LogP contribution >= 0.6 is 0 Å². The average Bonchev–Trinajstić information content (AvgIpc) is 2.49. The molecular weight excluding hydrogens is 254 g/mol. The fourth-order valence-electron chi connectivity index (χ4n) is 2.77. The Labute approximate surface area is 120 Å². The van der Waals surface area contributed by atoms with Crippen LogP contribution in [-0.4, -0.2) is 34.3 Å². The molecule has 0 amide bonds. The largest absolute Gasteiger partial charge is 0.394 e. The number of nitrogens with two attached hydrogens (primary N) is 1. The van der Waals surface area contributed by atoms with Crippen LogP contribution in [0.15, 0.2) is 0 Å². The van der Waals surface area contributed by atoms with Gasteiger partial charge in [0.25, 0.3) is 0 Å². The molecule has 0 aliphatic carbocycles. The molecule has 4 N–H and O–H groups in total. The second-order valence-electron chi connectivity index (χ2n) is 5.36. The molecule has 6 nitrogen and oxygen atoms in total. The van der Waals surface area contributed by atoms with Gasteiger partial charge >= 0.3 is 0 Å². The topological polar surface area (TPSA) is 87.3 Å². The molecule has 1 atom stereocenters. The Kier molecular flexibility index (Phi) is 5.14. The first-order valence-corrected chi connectivity index (χ1v) is 7.42. The lowest BCUT2D eigenvalue weighted by molar-refractivity contribution is 0.239. The van der Waals surface area contributed by atoms with E-state index < -0.39 is 0 Å². The predicted molar refractivity (Wildman–Crippen MR) is 80.6 cm³/mol. The van der Waals surface area contributed by atoms with Crippen LogP contribution in [0, 0.1) is 6.92 Å². The van der Waals surface area contributed by atoms with E-state index in [0.29, 0.717) is 5.82 Å². The lowest BCUT2D eigenvalue weighted by Crippen LogP contribution is -2.43. The SMILES string of the molecule is CCCc1nc(NN)c(C)c(N2CCCCC2CO)n1. The maximum atomic E-state index is 9.59. The van der Waals surface area contributed by atoms with Crippen LogP contribution in [0.25, 0.3) is 0 Å². The van der Waals surface area contributed by atoms with Crippen LogP contribution in [0.3, 0.4) is 0 Å². The van der Waals surface area contributed by atoms with Crippen LogP contribution in [-0.2, 0) is 6.42 Å². The van der Waals surface area contributed by atoms with E-state index in [1.165, 1.54) is 0 Å². The van der Waals surface area contributed by atoms with Crippen LogP contribution in [0.1, 0.15) is 44.0 Å². The quantitative estimate of drug-likeness (QED) is 0.557. The number of nitrogens with zero attached hydrogens (tertiary/aromatic N) is 3. The summed E-state index contributed by atoms with van der Waals surface area (Å²) in [6, 6.07) is 0.150. The Morgan fingerprint density at radius 3 is 2.85 bits per heavy atom. The highest BCUT2D eigenvalue weighted by molar-refractivity contribution is 5.59. The van der Waals surface area contributed by atoms with E-state index in [-0.39, 0.29) is 12.6 Å². The summed E-state index contributed by atoms with van der Waals surface area (Å²) in [6.45, 7) is 5.18. The van der Waals surface area contributed by atoms with Crippen molar-refractivity contribution >= 4 is 11.6 Å². The summed E-state index contributed by atoms with van der Waals surface area (Å²) >= 11 is 0. The number of aliphatic hydroxyl groups is 1. The van der Waals surface area contributed by atoms with Crippen molar-refractivity contribution in [3.05, 3.63) is 11.4 Å². The van der Waals surface area contributed by atoms with Crippen LogP contribution < -0.4 is 16.2 Å². The molecular formula is C14H25N5O. The summed E-state index contributed by atoms with van der Waals surface area (Å²) in [7, 11) is 0. The lowest BCUT2D eigenvalue weighted by atomic mass is 10.0. The minimum Gasteiger partial charge on any atom is -0.394 e. The van der Waals surface area contributed by atoms with Gasteiger partial charge in [0.2, 0.25) is 0 Å². The summed E-state index contributed by atoms with van der Waals surface area (Å²) in [6.07, 6.45) is 5.13. The number of anilines is 2. The van der Waals surface area contributed by atoms with Gasteiger partial charge in [0.15, 0.2) is 0 Å². The van der Waals surface area contributed by atoms with Gasteiger partial charge in [0.05, 0.1) is 12.6 Å². The molecule has 1 saturated heterocycles. The third-order valence-electron chi connectivity index (χ3n) is 3.89. The highest BCUT2D eigenvalue weighted by atomic mass is 16.3. The van der Waals surface area contributed by atoms with Crippen molar-refractivity contribution in [1.29, 1.82) is 0 Å². The number of piperidine rings is 1. The Hall–Kier alpha value is -1.40. The smallest absolute Gasteiger partial charge is 0.148 e. The summed E-state index contributed by atoms with van der Waals surface area (Å²) < 4.78 is 0. The molecule has 1 fully saturated rings. The van der Waals surface area contributed by atoms with E-state index in [4.69, 9.17) is 10.8 Å². The maximum Gasteiger partial charge on any atom is 0.148 e. The molecule has 1 aromatic rings. The third kappa shape index (κ3) is 3.02. The fraction of sp³-hybridized carbons (Fsp3) is 0.714. The zero-order valence-electron chi connectivity index (χ0n) is 12.4. The molecule has 2 rings (SSSR count). The number of aliphatic hydroxyl groups excluding tert-OH is 1. The molecule has 20 heavy (non-hydrogen) atoms. The van der Waals surface area contributed by atoms with Crippen molar-refractivity contribution in [2.75, 3.05) is 23.5 Å². The first kappa shape index (κ1) is 15.0. The van der Waals surface area contributed by atoms with Crippen molar-refractivity contribution < 1.29 is 5.11 Å². The van der Waals surface area contributed by atoms with Gasteiger partial charge in [0.1, 0.15) is 17.5 Å². The minimum atomic E-state index is 0.150. The zero-order chi connectivity index (χ0) is 14.5. The van der Waals surface area contributed by atoms with E-state index >= 15 is 0 Å². The Balaban J connectivity index is 2.39. The predicted octanol–water partition coefficient (Wildman–Crippen LogP) is 1.37. The molecule has 0 aromatic carbocycles. The third-order valence-corrected chi connectivity index (χ3v) is 3.89. The summed E-state index contributed by atoms with van der Waals surface area (Å²) in [4.78, 5) is 11.4. The second kappa shape index (κ2) is 6.85. The van der Waals surface area contributed by atoms with Gasteiger partial charge in [-0.25, -0.2) is 15.8 Å². The zero-order valence-corrected chi connectivity index (χ0v) is 12.4. The molecule has 1 aliphatic heterocycles. The number of aryl methyl sites for hydroxylation is 1. The van der Waals surface area contributed by atoms with Crippen LogP contribution in [0.4, 0.5) is 11.6 Å². The Morgan fingerprint density at radius 2 is 2.20 bits per heavy atom. The van der Waals surface area contributed by atoms with E-state index in [1.807, 2.05) is 6.92 Å². The number of hydrogen-bond donors (Lipinski definition) is 3. The van der Waals surface area contributed by atoms with Gasteiger partial charge in [-0.15, -0.1) is 0 Å². The molecule has 0 radical (unpaired) electrons. The fourth-order valence-corrected chi connectivity index (χ4v) is 2.77. The van der Waals surface area contributed by atoms with Crippen LogP contribution in [0.2, 0.25) is 0 Å². The minimum absolute atomic E-state index is 0.150. The highest BCUT2D eigenvalue weighted by Crippen LogP contribution is 2.29. The number of hydrazine groups is 1. The van der Waals surface area contributed by atoms with Crippen molar-refractivity contribution in [2.24, 2.45) is 5.84 Å². The van der Waals surface area contributed by atoms with Gasteiger partial charge in [-0.2, -0.15) is 0 Å². The van der Waals surface area contributed by atoms with E-state index in [0.717, 1.165) is 55.9 Å². The van der Waals surface area contributed by atoms with Gasteiger partial charge < -0.3 is 15.4 Å². The maximum absolute atomic E-state index is 9.59. The number of aromatic nitrogens is 2. The molecule has 1 unspecified atom stereocenters. The van der Waals surface area contributed by atoms with Crippen molar-refractivity contribution in [3.63, 3.8) is 0 Å². The molecule has 0 bridgehead atoms. The number of nitrogens with one attached hydrogen (secondary N) is 1. The summed E-state index contributed by atoms with van der Waals surface area (Å²) in [5, 5.41) is 9.59. The Morgan fingerprint density at radius 1 is 1.40 bits per heavy atom. The molecule has 6 heteroatoms. The molecule has 1 aliphatic rings. The lowest BCUT2D eigenvalue weighted by Gasteiger charge is -2.36. The van der Waals surface area contributed by atoms with Crippen LogP contribution in [0.5, 0.6) is 0 Å². The average molecular weight is 279 g/mol. The first-order valence-electron chi connectivity index (χ1n) is 7.42. The standard InChI is InChI=1S/C14H25N5O/c1-3-6-12-16-13(18-15)10(2)14(17-12)19-8-5-4-7-11(19)9-20/h11,20H,3-9,15H2,1-2H3,(H,16,17,18). The Bertz CT molecular complexity index is 451. The van der Waals surface area contributed by atoms with Gasteiger partial charge in [-0.1, -0.05) is 6.92 Å². The molecule has 112 valence electrons.